The van der Waals surface area contributed by atoms with E-state index in [1.807, 2.05) is 0 Å². The summed E-state index contributed by atoms with van der Waals surface area (Å²) < 4.78 is 19.1. The number of hydrogen-bond donors (Lipinski definition) is 3. The summed E-state index contributed by atoms with van der Waals surface area (Å²) in [6, 6.07) is 4.71. The molecule has 0 radical (unpaired) electrons. The summed E-state index contributed by atoms with van der Waals surface area (Å²) in [6.07, 6.45) is 2.02. The summed E-state index contributed by atoms with van der Waals surface area (Å²) in [4.78, 5) is 11.1. The second-order valence-electron chi connectivity index (χ2n) is 6.09. The van der Waals surface area contributed by atoms with Crippen LogP contribution in [0.3, 0.4) is 0 Å². The molecule has 1 saturated heterocycles. The summed E-state index contributed by atoms with van der Waals surface area (Å²) in [7, 11) is 1.29. The van der Waals surface area contributed by atoms with Gasteiger partial charge >= 0.3 is 6.09 Å². The molecule has 0 aromatic heterocycles. The van der Waals surface area contributed by atoms with Crippen molar-refractivity contribution in [3.8, 4) is 0 Å². The van der Waals surface area contributed by atoms with Crippen LogP contribution in [0.5, 0.6) is 0 Å². The van der Waals surface area contributed by atoms with Gasteiger partial charge in [-0.15, -0.1) is 0 Å². The average Bonchev–Trinajstić information content (AvgIpc) is 2.61. The van der Waals surface area contributed by atoms with Gasteiger partial charge < -0.3 is 20.5 Å². The lowest BCUT2D eigenvalue weighted by atomic mass is 9.74. The molecule has 2 unspecified atom stereocenters. The van der Waals surface area contributed by atoms with Crippen LogP contribution < -0.4 is 10.6 Å². The number of carbonyl (C=O) groups excluding carboxylic acids is 1. The van der Waals surface area contributed by atoms with E-state index in [2.05, 4.69) is 15.4 Å². The van der Waals surface area contributed by atoms with Crippen molar-refractivity contribution in [2.45, 2.75) is 31.3 Å². The van der Waals surface area contributed by atoms with Gasteiger partial charge in [-0.25, -0.2) is 9.18 Å². The molecule has 1 amide bonds. The number of halogens is 2. The third-order valence-electron chi connectivity index (χ3n) is 4.58. The van der Waals surface area contributed by atoms with E-state index in [0.29, 0.717) is 25.9 Å². The van der Waals surface area contributed by atoms with Crippen LogP contribution in [0.2, 0.25) is 5.02 Å². The SMILES string of the molecule is COC(=O)NCCCC(O)(c1cccc(Cl)c1F)C1CCCNC1. The molecule has 0 bridgehead atoms. The second-order valence-corrected chi connectivity index (χ2v) is 6.50. The van der Waals surface area contributed by atoms with Gasteiger partial charge in [-0.3, -0.25) is 0 Å². The number of alkyl carbamates (subject to hydrolysis) is 1. The van der Waals surface area contributed by atoms with Crippen LogP contribution in [0, 0.1) is 11.7 Å². The van der Waals surface area contributed by atoms with Gasteiger partial charge in [-0.05, 0) is 38.3 Å². The highest BCUT2D eigenvalue weighted by Gasteiger charge is 2.40. The predicted octanol–water partition coefficient (Wildman–Crippen LogP) is 2.80. The van der Waals surface area contributed by atoms with E-state index in [1.54, 1.807) is 12.1 Å². The van der Waals surface area contributed by atoms with E-state index in [4.69, 9.17) is 11.6 Å². The number of piperidine rings is 1. The first-order chi connectivity index (χ1) is 11.5. The van der Waals surface area contributed by atoms with Gasteiger partial charge in [0.2, 0.25) is 0 Å². The third kappa shape index (κ3) is 4.37. The monoisotopic (exact) mass is 358 g/mol. The molecule has 2 rings (SSSR count). The summed E-state index contributed by atoms with van der Waals surface area (Å²) in [6.45, 7) is 1.86. The summed E-state index contributed by atoms with van der Waals surface area (Å²) in [5.41, 5.74) is -1.11. The molecule has 1 aliphatic heterocycles. The van der Waals surface area contributed by atoms with E-state index < -0.39 is 17.5 Å². The molecule has 1 aliphatic rings. The zero-order valence-corrected chi connectivity index (χ0v) is 14.5. The van der Waals surface area contributed by atoms with E-state index in [1.165, 1.54) is 13.2 Å². The lowest BCUT2D eigenvalue weighted by Gasteiger charge is -2.39. The van der Waals surface area contributed by atoms with Crippen molar-refractivity contribution < 1.29 is 19.0 Å². The molecule has 5 nitrogen and oxygen atoms in total. The number of rotatable bonds is 6. The van der Waals surface area contributed by atoms with Crippen LogP contribution in [-0.2, 0) is 10.3 Å². The van der Waals surface area contributed by atoms with Gasteiger partial charge in [0.1, 0.15) is 5.82 Å². The van der Waals surface area contributed by atoms with E-state index >= 15 is 0 Å². The Hall–Kier alpha value is -1.37. The van der Waals surface area contributed by atoms with Crippen molar-refractivity contribution >= 4 is 17.7 Å². The predicted molar refractivity (Wildman–Crippen MR) is 90.5 cm³/mol. The number of amides is 1. The fraction of sp³-hybridized carbons (Fsp3) is 0.588. The fourth-order valence-corrected chi connectivity index (χ4v) is 3.45. The topological polar surface area (TPSA) is 70.6 Å². The standard InChI is InChI=1S/C17H24ClFN2O3/c1-24-16(22)21-10-4-8-17(23,12-5-3-9-20-11-12)13-6-2-7-14(18)15(13)19/h2,6-7,12,20,23H,3-5,8-11H2,1H3,(H,21,22). The number of nitrogens with one attached hydrogen (secondary N) is 2. The molecule has 1 fully saturated rings. The molecular weight excluding hydrogens is 335 g/mol. The maximum absolute atomic E-state index is 14.5. The van der Waals surface area contributed by atoms with Crippen molar-refractivity contribution in [1.82, 2.24) is 10.6 Å². The number of carbonyl (C=O) groups is 1. The molecule has 2 atom stereocenters. The van der Waals surface area contributed by atoms with Gasteiger partial charge in [0, 0.05) is 24.6 Å². The smallest absolute Gasteiger partial charge is 0.406 e. The van der Waals surface area contributed by atoms with E-state index in [0.717, 1.165) is 19.4 Å². The fourth-order valence-electron chi connectivity index (χ4n) is 3.28. The van der Waals surface area contributed by atoms with Crippen molar-refractivity contribution in [1.29, 1.82) is 0 Å². The Bertz CT molecular complexity index is 567. The largest absolute Gasteiger partial charge is 0.453 e. The number of benzene rings is 1. The van der Waals surface area contributed by atoms with Gasteiger partial charge in [0.05, 0.1) is 17.7 Å². The van der Waals surface area contributed by atoms with Crippen molar-refractivity contribution in [3.05, 3.63) is 34.6 Å². The van der Waals surface area contributed by atoms with Gasteiger partial charge in [-0.2, -0.15) is 0 Å². The molecule has 24 heavy (non-hydrogen) atoms. The normalized spacial score (nSPS) is 20.2. The van der Waals surface area contributed by atoms with Crippen molar-refractivity contribution in [2.24, 2.45) is 5.92 Å². The van der Waals surface area contributed by atoms with Gasteiger partial charge in [0.15, 0.2) is 0 Å². The minimum atomic E-state index is -1.33. The molecular formula is C17H24ClFN2O3. The lowest BCUT2D eigenvalue weighted by Crippen LogP contribution is -2.45. The van der Waals surface area contributed by atoms with Crippen LogP contribution in [0.25, 0.3) is 0 Å². The van der Waals surface area contributed by atoms with Crippen molar-refractivity contribution in [2.75, 3.05) is 26.7 Å². The highest BCUT2D eigenvalue weighted by molar-refractivity contribution is 6.30. The van der Waals surface area contributed by atoms with Gasteiger partial charge in [-0.1, -0.05) is 23.7 Å². The Morgan fingerprint density at radius 1 is 1.58 bits per heavy atom. The summed E-state index contributed by atoms with van der Waals surface area (Å²) >= 11 is 5.91. The third-order valence-corrected chi connectivity index (χ3v) is 4.87. The van der Waals surface area contributed by atoms with Crippen LogP contribution in [-0.4, -0.2) is 37.9 Å². The van der Waals surface area contributed by atoms with Crippen LogP contribution in [0.4, 0.5) is 9.18 Å². The quantitative estimate of drug-likeness (QED) is 0.684. The maximum Gasteiger partial charge on any atom is 0.406 e. The Morgan fingerprint density at radius 2 is 2.38 bits per heavy atom. The van der Waals surface area contributed by atoms with Gasteiger partial charge in [0.25, 0.3) is 0 Å². The minimum Gasteiger partial charge on any atom is -0.453 e. The molecule has 1 heterocycles. The first kappa shape index (κ1) is 19.0. The van der Waals surface area contributed by atoms with Crippen LogP contribution >= 0.6 is 11.6 Å². The highest BCUT2D eigenvalue weighted by Crippen LogP contribution is 2.40. The number of aliphatic hydroxyl groups is 1. The van der Waals surface area contributed by atoms with E-state index in [9.17, 15) is 14.3 Å². The number of hydrogen-bond acceptors (Lipinski definition) is 4. The lowest BCUT2D eigenvalue weighted by molar-refractivity contribution is -0.0447. The molecule has 7 heteroatoms. The summed E-state index contributed by atoms with van der Waals surface area (Å²) in [5, 5.41) is 17.2. The van der Waals surface area contributed by atoms with Crippen molar-refractivity contribution in [3.63, 3.8) is 0 Å². The number of methoxy groups -OCH3 is 1. The van der Waals surface area contributed by atoms with Crippen LogP contribution in [0.1, 0.15) is 31.2 Å². The second kappa shape index (κ2) is 8.65. The average molecular weight is 359 g/mol. The molecule has 0 spiro atoms. The summed E-state index contributed by atoms with van der Waals surface area (Å²) in [5.74, 6) is -0.689. The molecule has 134 valence electrons. The first-order valence-electron chi connectivity index (χ1n) is 8.18. The first-order valence-corrected chi connectivity index (χ1v) is 8.56. The molecule has 0 aliphatic carbocycles. The Kier molecular flexibility index (Phi) is 6.83. The number of ether oxygens (including phenoxy) is 1. The van der Waals surface area contributed by atoms with Crippen LogP contribution in [0.15, 0.2) is 18.2 Å². The Morgan fingerprint density at radius 3 is 3.04 bits per heavy atom. The zero-order chi connectivity index (χ0) is 17.6. The maximum atomic E-state index is 14.5. The Balaban J connectivity index is 2.17. The molecule has 1 aromatic carbocycles. The molecule has 3 N–H and O–H groups in total. The zero-order valence-electron chi connectivity index (χ0n) is 13.8. The Labute approximate surface area is 146 Å². The molecule has 0 saturated carbocycles. The molecule has 1 aromatic rings. The minimum absolute atomic E-state index is 0.00220. The van der Waals surface area contributed by atoms with E-state index in [-0.39, 0.29) is 16.5 Å². The highest BCUT2D eigenvalue weighted by atomic mass is 35.5.